The van der Waals surface area contributed by atoms with Crippen molar-refractivity contribution in [2.24, 2.45) is 5.73 Å². The number of hydrogen-bond donors (Lipinski definition) is 2. The second-order valence-electron chi connectivity index (χ2n) is 5.24. The summed E-state index contributed by atoms with van der Waals surface area (Å²) in [6, 6.07) is 8.25. The molecule has 0 aliphatic carbocycles. The van der Waals surface area contributed by atoms with Gasteiger partial charge in [0.2, 0.25) is 5.91 Å². The van der Waals surface area contributed by atoms with Gasteiger partial charge in [0.1, 0.15) is 0 Å². The van der Waals surface area contributed by atoms with Crippen molar-refractivity contribution in [3.8, 4) is 0 Å². The van der Waals surface area contributed by atoms with Crippen LogP contribution >= 0.6 is 0 Å². The second-order valence-corrected chi connectivity index (χ2v) is 5.24. The summed E-state index contributed by atoms with van der Waals surface area (Å²) >= 11 is 0. The average Bonchev–Trinajstić information content (AvgIpc) is 2.63. The summed E-state index contributed by atoms with van der Waals surface area (Å²) in [7, 11) is 2.02. The minimum atomic E-state index is -0.0102. The minimum absolute atomic E-state index is 0.0102. The van der Waals surface area contributed by atoms with Gasteiger partial charge in [0.15, 0.2) is 0 Å². The Bertz CT molecular complexity index is 433. The fourth-order valence-electron chi connectivity index (χ4n) is 2.60. The Balaban J connectivity index is 2.02. The highest BCUT2D eigenvalue weighted by molar-refractivity contribution is 5.81. The molecule has 3 N–H and O–H groups in total. The number of nitrogens with one attached hydrogen (secondary N) is 1. The van der Waals surface area contributed by atoms with Gasteiger partial charge in [0, 0.05) is 19.6 Å². The third-order valence-corrected chi connectivity index (χ3v) is 3.70. The molecule has 2 rings (SSSR count). The number of nitrogens with zero attached hydrogens (tertiary/aromatic N) is 1. The van der Waals surface area contributed by atoms with Gasteiger partial charge in [-0.2, -0.15) is 0 Å². The van der Waals surface area contributed by atoms with Crippen LogP contribution in [0.4, 0.5) is 0 Å². The van der Waals surface area contributed by atoms with Crippen LogP contribution in [0.2, 0.25) is 0 Å². The van der Waals surface area contributed by atoms with Crippen LogP contribution < -0.4 is 11.1 Å². The first kappa shape index (κ1) is 14.0. The predicted molar refractivity (Wildman–Crippen MR) is 76.4 cm³/mol. The molecule has 1 heterocycles. The molecule has 0 saturated carbocycles. The topological polar surface area (TPSA) is 58.4 Å². The van der Waals surface area contributed by atoms with E-state index in [1.165, 1.54) is 5.56 Å². The van der Waals surface area contributed by atoms with E-state index >= 15 is 0 Å². The van der Waals surface area contributed by atoms with Crippen molar-refractivity contribution in [1.82, 2.24) is 10.2 Å². The molecule has 0 spiro atoms. The Morgan fingerprint density at radius 2 is 2.16 bits per heavy atom. The standard InChI is InChI=1S/C15H23N3O/c1-18(14-7-2-3-8-17-15(14)19)11-13-6-4-5-12(9-13)10-16/h4-6,9,14H,2-3,7-8,10-11,16H2,1H3,(H,17,19). The first-order valence-corrected chi connectivity index (χ1v) is 6.96. The molecule has 1 unspecified atom stereocenters. The molecule has 1 aliphatic rings. The molecular weight excluding hydrogens is 238 g/mol. The van der Waals surface area contributed by atoms with E-state index in [1.54, 1.807) is 0 Å². The number of benzene rings is 1. The molecule has 0 bridgehead atoms. The first-order chi connectivity index (χ1) is 9.20. The van der Waals surface area contributed by atoms with E-state index in [9.17, 15) is 4.79 Å². The van der Waals surface area contributed by atoms with E-state index in [2.05, 4.69) is 22.3 Å². The molecule has 1 aromatic carbocycles. The molecule has 1 fully saturated rings. The lowest BCUT2D eigenvalue weighted by atomic mass is 10.1. The van der Waals surface area contributed by atoms with E-state index in [0.717, 1.165) is 37.9 Å². The largest absolute Gasteiger partial charge is 0.355 e. The zero-order valence-corrected chi connectivity index (χ0v) is 11.6. The van der Waals surface area contributed by atoms with E-state index in [-0.39, 0.29) is 11.9 Å². The highest BCUT2D eigenvalue weighted by Gasteiger charge is 2.24. The van der Waals surface area contributed by atoms with Gasteiger partial charge in [-0.25, -0.2) is 0 Å². The van der Waals surface area contributed by atoms with Crippen molar-refractivity contribution in [2.45, 2.75) is 38.4 Å². The minimum Gasteiger partial charge on any atom is -0.355 e. The van der Waals surface area contributed by atoms with Crippen molar-refractivity contribution in [1.29, 1.82) is 0 Å². The van der Waals surface area contributed by atoms with Gasteiger partial charge in [0.25, 0.3) is 0 Å². The summed E-state index contributed by atoms with van der Waals surface area (Å²) in [5, 5.41) is 2.98. The normalized spacial score (nSPS) is 20.2. The van der Waals surface area contributed by atoms with Crippen LogP contribution in [-0.4, -0.2) is 30.4 Å². The summed E-state index contributed by atoms with van der Waals surface area (Å²) < 4.78 is 0. The highest BCUT2D eigenvalue weighted by Crippen LogP contribution is 2.15. The molecule has 4 nitrogen and oxygen atoms in total. The molecule has 0 radical (unpaired) electrons. The fourth-order valence-corrected chi connectivity index (χ4v) is 2.60. The van der Waals surface area contributed by atoms with Crippen LogP contribution in [0.1, 0.15) is 30.4 Å². The number of hydrogen-bond acceptors (Lipinski definition) is 3. The average molecular weight is 261 g/mol. The van der Waals surface area contributed by atoms with Crippen LogP contribution in [0.15, 0.2) is 24.3 Å². The number of likely N-dealkylation sites (N-methyl/N-ethyl adjacent to an activating group) is 1. The van der Waals surface area contributed by atoms with Crippen molar-refractivity contribution in [3.63, 3.8) is 0 Å². The van der Waals surface area contributed by atoms with Crippen LogP contribution in [-0.2, 0) is 17.9 Å². The van der Waals surface area contributed by atoms with Crippen LogP contribution in [0, 0.1) is 0 Å². The molecule has 1 saturated heterocycles. The zero-order valence-electron chi connectivity index (χ0n) is 11.6. The first-order valence-electron chi connectivity index (χ1n) is 6.96. The van der Waals surface area contributed by atoms with Crippen molar-refractivity contribution < 1.29 is 4.79 Å². The lowest BCUT2D eigenvalue weighted by molar-refractivity contribution is -0.125. The van der Waals surface area contributed by atoms with Crippen LogP contribution in [0.5, 0.6) is 0 Å². The Hall–Kier alpha value is -1.39. The molecule has 1 aliphatic heterocycles. The molecule has 19 heavy (non-hydrogen) atoms. The third kappa shape index (κ3) is 3.78. The van der Waals surface area contributed by atoms with Gasteiger partial charge >= 0.3 is 0 Å². The molecule has 1 atom stereocenters. The quantitative estimate of drug-likeness (QED) is 0.857. The molecular formula is C15H23N3O. The maximum Gasteiger partial charge on any atom is 0.237 e. The van der Waals surface area contributed by atoms with Crippen LogP contribution in [0.25, 0.3) is 0 Å². The van der Waals surface area contributed by atoms with E-state index < -0.39 is 0 Å². The molecule has 4 heteroatoms. The number of carbonyl (C=O) groups excluding carboxylic acids is 1. The van der Waals surface area contributed by atoms with Crippen LogP contribution in [0.3, 0.4) is 0 Å². The lowest BCUT2D eigenvalue weighted by Crippen LogP contribution is -2.43. The predicted octanol–water partition coefficient (Wildman–Crippen LogP) is 1.25. The zero-order chi connectivity index (χ0) is 13.7. The number of carbonyl (C=O) groups is 1. The summed E-state index contributed by atoms with van der Waals surface area (Å²) in [6.07, 6.45) is 3.13. The Kier molecular flexibility index (Phi) is 4.93. The van der Waals surface area contributed by atoms with E-state index in [4.69, 9.17) is 5.73 Å². The SMILES string of the molecule is CN(Cc1cccc(CN)c1)C1CCCCNC1=O. The maximum atomic E-state index is 12.0. The van der Waals surface area contributed by atoms with Gasteiger partial charge in [-0.05, 0) is 37.4 Å². The van der Waals surface area contributed by atoms with Crippen molar-refractivity contribution in [3.05, 3.63) is 35.4 Å². The highest BCUT2D eigenvalue weighted by atomic mass is 16.2. The van der Waals surface area contributed by atoms with Gasteiger partial charge in [-0.3, -0.25) is 9.69 Å². The smallest absolute Gasteiger partial charge is 0.237 e. The summed E-state index contributed by atoms with van der Waals surface area (Å²) in [5.74, 6) is 0.162. The molecule has 1 amide bonds. The van der Waals surface area contributed by atoms with Gasteiger partial charge in [-0.1, -0.05) is 24.3 Å². The molecule has 104 valence electrons. The molecule has 0 aromatic heterocycles. The summed E-state index contributed by atoms with van der Waals surface area (Å²) in [4.78, 5) is 14.1. The fraction of sp³-hybridized carbons (Fsp3) is 0.533. The monoisotopic (exact) mass is 261 g/mol. The number of amides is 1. The summed E-state index contributed by atoms with van der Waals surface area (Å²) in [5.41, 5.74) is 8.00. The Morgan fingerprint density at radius 1 is 1.37 bits per heavy atom. The van der Waals surface area contributed by atoms with E-state index in [0.29, 0.717) is 6.54 Å². The van der Waals surface area contributed by atoms with Crippen molar-refractivity contribution >= 4 is 5.91 Å². The van der Waals surface area contributed by atoms with Crippen molar-refractivity contribution in [2.75, 3.05) is 13.6 Å². The van der Waals surface area contributed by atoms with Gasteiger partial charge in [-0.15, -0.1) is 0 Å². The van der Waals surface area contributed by atoms with Gasteiger partial charge in [0.05, 0.1) is 6.04 Å². The molecule has 1 aromatic rings. The van der Waals surface area contributed by atoms with E-state index in [1.807, 2.05) is 19.2 Å². The number of nitrogens with two attached hydrogens (primary N) is 1. The number of rotatable bonds is 4. The lowest BCUT2D eigenvalue weighted by Gasteiger charge is -2.25. The van der Waals surface area contributed by atoms with Gasteiger partial charge < -0.3 is 11.1 Å². The third-order valence-electron chi connectivity index (χ3n) is 3.70. The summed E-state index contributed by atoms with van der Waals surface area (Å²) in [6.45, 7) is 2.15. The Morgan fingerprint density at radius 3 is 2.95 bits per heavy atom. The second kappa shape index (κ2) is 6.68. The Labute approximate surface area is 115 Å². The maximum absolute atomic E-state index is 12.0.